The van der Waals surface area contributed by atoms with Crippen molar-refractivity contribution in [2.24, 2.45) is 4.99 Å². The number of nitrogens with one attached hydrogen (secondary N) is 1. The van der Waals surface area contributed by atoms with E-state index in [1.807, 2.05) is 0 Å². The Labute approximate surface area is 170 Å². The summed E-state index contributed by atoms with van der Waals surface area (Å²) < 4.78 is 18.9. The van der Waals surface area contributed by atoms with Crippen molar-refractivity contribution < 1.29 is 19.3 Å². The molecule has 3 aliphatic heterocycles. The molecule has 2 aromatic rings. The molecule has 0 aliphatic carbocycles. The fraction of sp³-hybridized carbons (Fsp3) is 0.591. The average molecular weight is 399 g/mol. The monoisotopic (exact) mass is 399 g/mol. The first kappa shape index (κ1) is 18.9. The van der Waals surface area contributed by atoms with Crippen molar-refractivity contribution in [3.8, 4) is 5.88 Å². The van der Waals surface area contributed by atoms with Gasteiger partial charge in [-0.15, -0.1) is 0 Å². The highest BCUT2D eigenvalue weighted by atomic mass is 16.5. The average Bonchev–Trinajstić information content (AvgIpc) is 3.25. The lowest BCUT2D eigenvalue weighted by molar-refractivity contribution is 0.0688. The Morgan fingerprint density at radius 2 is 1.90 bits per heavy atom. The Hall–Kier alpha value is -2.09. The molecule has 3 aliphatic rings. The summed E-state index contributed by atoms with van der Waals surface area (Å²) in [7, 11) is 0. The number of benzene rings is 1. The predicted molar refractivity (Wildman–Crippen MR) is 112 cm³/mol. The largest absolute Gasteiger partial charge is 0.494 e. The number of fused-ring (bicyclic) bond motifs is 1. The third-order valence-corrected chi connectivity index (χ3v) is 6.11. The molecule has 0 bridgehead atoms. The van der Waals surface area contributed by atoms with Crippen molar-refractivity contribution in [2.75, 3.05) is 51.5 Å². The quantitative estimate of drug-likeness (QED) is 0.826. The van der Waals surface area contributed by atoms with Crippen molar-refractivity contribution in [1.29, 1.82) is 0 Å². The summed E-state index contributed by atoms with van der Waals surface area (Å²) in [6.45, 7) is 4.88. The molecule has 7 nitrogen and oxygen atoms in total. The molecule has 0 saturated carbocycles. The fourth-order valence-electron chi connectivity index (χ4n) is 4.62. The maximum absolute atomic E-state index is 11.3. The van der Waals surface area contributed by atoms with Crippen LogP contribution in [-0.4, -0.2) is 67.6 Å². The Morgan fingerprint density at radius 1 is 1.03 bits per heavy atom. The minimum absolute atomic E-state index is 0.231. The van der Waals surface area contributed by atoms with E-state index in [1.165, 1.54) is 0 Å². The van der Waals surface area contributed by atoms with E-state index in [2.05, 4.69) is 28.1 Å². The maximum atomic E-state index is 11.3. The van der Waals surface area contributed by atoms with Crippen LogP contribution in [-0.2, 0) is 14.2 Å². The Kier molecular flexibility index (Phi) is 5.44. The van der Waals surface area contributed by atoms with Gasteiger partial charge in [0.05, 0.1) is 36.0 Å². The molecule has 156 valence electrons. The van der Waals surface area contributed by atoms with Gasteiger partial charge in [0.15, 0.2) is 0 Å². The molecule has 0 spiro atoms. The molecule has 7 heteroatoms. The number of anilines is 1. The zero-order valence-electron chi connectivity index (χ0n) is 16.7. The predicted octanol–water partition coefficient (Wildman–Crippen LogP) is 3.11. The molecule has 0 radical (unpaired) electrons. The molecular weight excluding hydrogens is 370 g/mol. The first-order valence-electron chi connectivity index (χ1n) is 10.7. The second-order valence-corrected chi connectivity index (χ2v) is 8.08. The molecule has 1 atom stereocenters. The second kappa shape index (κ2) is 8.34. The van der Waals surface area contributed by atoms with Crippen LogP contribution in [0.15, 0.2) is 23.2 Å². The minimum atomic E-state index is 0.231. The normalized spacial score (nSPS) is 23.9. The summed E-state index contributed by atoms with van der Waals surface area (Å²) in [4.78, 5) is 4.75. The number of hydrogen-bond donors (Lipinski definition) is 2. The van der Waals surface area contributed by atoms with Crippen LogP contribution >= 0.6 is 0 Å². The van der Waals surface area contributed by atoms with Gasteiger partial charge in [0.2, 0.25) is 5.88 Å². The zero-order valence-corrected chi connectivity index (χ0v) is 16.7. The van der Waals surface area contributed by atoms with Crippen molar-refractivity contribution in [1.82, 2.24) is 4.57 Å². The number of rotatable bonds is 4. The number of aromatic hydroxyl groups is 1. The molecular formula is C22H29N3O4. The van der Waals surface area contributed by atoms with E-state index >= 15 is 0 Å². The van der Waals surface area contributed by atoms with Crippen LogP contribution in [0.3, 0.4) is 0 Å². The SMILES string of the molecule is Oc1c(C2=NCCCOC2)c2cc(NC3CCOC3)ccc2n1C1CCOCC1. The third-order valence-electron chi connectivity index (χ3n) is 6.11. The highest BCUT2D eigenvalue weighted by Crippen LogP contribution is 2.39. The summed E-state index contributed by atoms with van der Waals surface area (Å²) >= 11 is 0. The van der Waals surface area contributed by atoms with E-state index in [-0.39, 0.29) is 6.04 Å². The van der Waals surface area contributed by atoms with Gasteiger partial charge >= 0.3 is 0 Å². The lowest BCUT2D eigenvalue weighted by Crippen LogP contribution is -2.19. The highest BCUT2D eigenvalue weighted by Gasteiger charge is 2.27. The van der Waals surface area contributed by atoms with E-state index in [0.717, 1.165) is 86.5 Å². The topological polar surface area (TPSA) is 77.2 Å². The number of aromatic nitrogens is 1. The summed E-state index contributed by atoms with van der Waals surface area (Å²) in [5.74, 6) is 0.303. The smallest absolute Gasteiger partial charge is 0.201 e. The van der Waals surface area contributed by atoms with Crippen LogP contribution in [0.1, 0.15) is 37.3 Å². The number of aliphatic imine (C=N–C) groups is 1. The van der Waals surface area contributed by atoms with Gasteiger partial charge in [-0.25, -0.2) is 0 Å². The van der Waals surface area contributed by atoms with Gasteiger partial charge < -0.3 is 29.2 Å². The molecule has 2 fully saturated rings. The number of nitrogens with zero attached hydrogens (tertiary/aromatic N) is 2. The molecule has 29 heavy (non-hydrogen) atoms. The summed E-state index contributed by atoms with van der Waals surface area (Å²) in [5, 5.41) is 15.9. The van der Waals surface area contributed by atoms with E-state index in [0.29, 0.717) is 25.1 Å². The van der Waals surface area contributed by atoms with Crippen LogP contribution in [0.2, 0.25) is 0 Å². The second-order valence-electron chi connectivity index (χ2n) is 8.08. The lowest BCUT2D eigenvalue weighted by atomic mass is 10.1. The van der Waals surface area contributed by atoms with Crippen molar-refractivity contribution in [3.05, 3.63) is 23.8 Å². The van der Waals surface area contributed by atoms with Gasteiger partial charge in [-0.05, 0) is 43.9 Å². The summed E-state index contributed by atoms with van der Waals surface area (Å²) in [6, 6.07) is 6.93. The van der Waals surface area contributed by atoms with Crippen molar-refractivity contribution >= 4 is 22.3 Å². The van der Waals surface area contributed by atoms with Crippen molar-refractivity contribution in [2.45, 2.75) is 37.8 Å². The van der Waals surface area contributed by atoms with Gasteiger partial charge in [0, 0.05) is 50.1 Å². The molecule has 1 aromatic heterocycles. The zero-order chi connectivity index (χ0) is 19.6. The van der Waals surface area contributed by atoms with Crippen LogP contribution in [0.4, 0.5) is 5.69 Å². The Balaban J connectivity index is 1.60. The fourth-order valence-corrected chi connectivity index (χ4v) is 4.62. The Morgan fingerprint density at radius 3 is 2.72 bits per heavy atom. The molecule has 1 aromatic carbocycles. The molecule has 5 rings (SSSR count). The molecule has 2 N–H and O–H groups in total. The van der Waals surface area contributed by atoms with Crippen LogP contribution < -0.4 is 5.32 Å². The number of hydrogen-bond acceptors (Lipinski definition) is 6. The molecule has 4 heterocycles. The third kappa shape index (κ3) is 3.74. The summed E-state index contributed by atoms with van der Waals surface area (Å²) in [5.41, 5.74) is 3.76. The van der Waals surface area contributed by atoms with Gasteiger partial charge in [-0.2, -0.15) is 0 Å². The van der Waals surface area contributed by atoms with E-state index in [4.69, 9.17) is 19.2 Å². The lowest BCUT2D eigenvalue weighted by Gasteiger charge is -2.25. The minimum Gasteiger partial charge on any atom is -0.494 e. The van der Waals surface area contributed by atoms with E-state index < -0.39 is 0 Å². The Bertz CT molecular complexity index is 895. The van der Waals surface area contributed by atoms with Crippen LogP contribution in [0.5, 0.6) is 5.88 Å². The van der Waals surface area contributed by atoms with Crippen molar-refractivity contribution in [3.63, 3.8) is 0 Å². The molecule has 2 saturated heterocycles. The first-order chi connectivity index (χ1) is 14.3. The molecule has 1 unspecified atom stereocenters. The van der Waals surface area contributed by atoms with Gasteiger partial charge in [0.1, 0.15) is 0 Å². The van der Waals surface area contributed by atoms with Crippen LogP contribution in [0.25, 0.3) is 10.9 Å². The number of ether oxygens (including phenoxy) is 3. The highest BCUT2D eigenvalue weighted by molar-refractivity contribution is 6.14. The van der Waals surface area contributed by atoms with Gasteiger partial charge in [0.25, 0.3) is 0 Å². The first-order valence-corrected chi connectivity index (χ1v) is 10.7. The van der Waals surface area contributed by atoms with E-state index in [9.17, 15) is 5.11 Å². The molecule has 0 amide bonds. The van der Waals surface area contributed by atoms with E-state index in [1.54, 1.807) is 0 Å². The van der Waals surface area contributed by atoms with Gasteiger partial charge in [-0.1, -0.05) is 0 Å². The maximum Gasteiger partial charge on any atom is 0.201 e. The standard InChI is InChI=1S/C22H29N3O4/c26-22-21(19-14-28-8-1-7-23-19)18-12-15(24-16-4-9-29-13-16)2-3-20(18)25(22)17-5-10-27-11-6-17/h2-3,12,16-17,24,26H,1,4-11,13-14H2. The van der Waals surface area contributed by atoms with Gasteiger partial charge in [-0.3, -0.25) is 4.99 Å². The van der Waals surface area contributed by atoms with Crippen LogP contribution in [0, 0.1) is 0 Å². The summed E-state index contributed by atoms with van der Waals surface area (Å²) in [6.07, 6.45) is 3.73.